The fraction of sp³-hybridized carbons (Fsp3) is 0.600. The van der Waals surface area contributed by atoms with Crippen LogP contribution in [0.15, 0.2) is 24.3 Å². The molecule has 0 unspecified atom stereocenters. The van der Waals surface area contributed by atoms with Crippen molar-refractivity contribution in [1.82, 2.24) is 5.32 Å². The van der Waals surface area contributed by atoms with E-state index in [1.54, 1.807) is 6.07 Å². The van der Waals surface area contributed by atoms with E-state index in [4.69, 9.17) is 5.73 Å². The summed E-state index contributed by atoms with van der Waals surface area (Å²) in [5.74, 6) is -0.121. The summed E-state index contributed by atoms with van der Waals surface area (Å²) in [6, 6.07) is 7.02. The minimum Gasteiger partial charge on any atom is -0.330 e. The molecule has 0 spiro atoms. The van der Waals surface area contributed by atoms with E-state index in [1.807, 2.05) is 12.1 Å². The molecule has 3 heteroatoms. The topological polar surface area (TPSA) is 38.0 Å². The Kier molecular flexibility index (Phi) is 3.74. The van der Waals surface area contributed by atoms with Gasteiger partial charge >= 0.3 is 0 Å². The van der Waals surface area contributed by atoms with E-state index >= 15 is 0 Å². The van der Waals surface area contributed by atoms with Crippen molar-refractivity contribution < 1.29 is 4.39 Å². The summed E-state index contributed by atoms with van der Waals surface area (Å²) in [6.07, 6.45) is 2.44. The van der Waals surface area contributed by atoms with Crippen LogP contribution >= 0.6 is 0 Å². The molecule has 0 bridgehead atoms. The van der Waals surface area contributed by atoms with Crippen LogP contribution in [0.25, 0.3) is 0 Å². The molecule has 0 atom stereocenters. The number of hydrogen-bond acceptors (Lipinski definition) is 2. The first-order valence-electron chi connectivity index (χ1n) is 6.65. The fourth-order valence-electron chi connectivity index (χ4n) is 2.38. The van der Waals surface area contributed by atoms with Gasteiger partial charge in [-0.2, -0.15) is 0 Å². The van der Waals surface area contributed by atoms with Crippen LogP contribution in [-0.4, -0.2) is 19.6 Å². The monoisotopic (exact) mass is 250 g/mol. The van der Waals surface area contributed by atoms with Gasteiger partial charge in [-0.15, -0.1) is 0 Å². The Morgan fingerprint density at radius 3 is 2.56 bits per heavy atom. The summed E-state index contributed by atoms with van der Waals surface area (Å²) in [4.78, 5) is 0. The third kappa shape index (κ3) is 2.90. The standard InChI is InChI=1S/C15H23FN2/c1-14(2,12-5-3-4-6-13(12)16)10-18-11-15(9-17)7-8-15/h3-6,18H,7-11,17H2,1-2H3. The Labute approximate surface area is 109 Å². The fourth-order valence-corrected chi connectivity index (χ4v) is 2.38. The lowest BCUT2D eigenvalue weighted by Crippen LogP contribution is -2.38. The van der Waals surface area contributed by atoms with Crippen molar-refractivity contribution in [3.8, 4) is 0 Å². The third-order valence-corrected chi connectivity index (χ3v) is 4.06. The van der Waals surface area contributed by atoms with E-state index in [1.165, 1.54) is 18.9 Å². The molecule has 1 aromatic rings. The highest BCUT2D eigenvalue weighted by Gasteiger charge is 2.40. The smallest absolute Gasteiger partial charge is 0.126 e. The van der Waals surface area contributed by atoms with Gasteiger partial charge in [0.05, 0.1) is 0 Å². The number of benzene rings is 1. The lowest BCUT2D eigenvalue weighted by Gasteiger charge is -2.27. The summed E-state index contributed by atoms with van der Waals surface area (Å²) in [6.45, 7) is 6.61. The van der Waals surface area contributed by atoms with Crippen LogP contribution in [0.5, 0.6) is 0 Å². The lowest BCUT2D eigenvalue weighted by molar-refractivity contribution is 0.400. The van der Waals surface area contributed by atoms with Crippen molar-refractivity contribution in [3.63, 3.8) is 0 Å². The number of halogens is 1. The Balaban J connectivity index is 1.93. The molecule has 0 saturated heterocycles. The maximum Gasteiger partial charge on any atom is 0.126 e. The molecule has 100 valence electrons. The number of nitrogens with one attached hydrogen (secondary N) is 1. The molecule has 0 aliphatic heterocycles. The number of rotatable bonds is 6. The highest BCUT2D eigenvalue weighted by molar-refractivity contribution is 5.25. The molecular formula is C15H23FN2. The minimum atomic E-state index is -0.198. The summed E-state index contributed by atoms with van der Waals surface area (Å²) in [5.41, 5.74) is 6.65. The maximum atomic E-state index is 13.8. The molecule has 0 aromatic heterocycles. The second-order valence-electron chi connectivity index (χ2n) is 6.17. The van der Waals surface area contributed by atoms with Gasteiger partial charge in [0.25, 0.3) is 0 Å². The van der Waals surface area contributed by atoms with E-state index in [2.05, 4.69) is 19.2 Å². The van der Waals surface area contributed by atoms with Crippen LogP contribution in [-0.2, 0) is 5.41 Å². The number of nitrogens with two attached hydrogens (primary N) is 1. The molecule has 2 nitrogen and oxygen atoms in total. The van der Waals surface area contributed by atoms with Gasteiger partial charge in [-0.3, -0.25) is 0 Å². The van der Waals surface area contributed by atoms with E-state index in [9.17, 15) is 4.39 Å². The van der Waals surface area contributed by atoms with Crippen molar-refractivity contribution >= 4 is 0 Å². The first-order chi connectivity index (χ1) is 8.49. The van der Waals surface area contributed by atoms with Crippen LogP contribution in [0.2, 0.25) is 0 Å². The Hall–Kier alpha value is -0.930. The van der Waals surface area contributed by atoms with Crippen molar-refractivity contribution in [2.45, 2.75) is 32.1 Å². The zero-order valence-electron chi connectivity index (χ0n) is 11.3. The average molecular weight is 250 g/mol. The van der Waals surface area contributed by atoms with Gasteiger partial charge in [0.1, 0.15) is 5.82 Å². The maximum absolute atomic E-state index is 13.8. The molecule has 1 aromatic carbocycles. The Morgan fingerprint density at radius 1 is 1.33 bits per heavy atom. The van der Waals surface area contributed by atoms with Crippen LogP contribution in [0.1, 0.15) is 32.3 Å². The zero-order valence-corrected chi connectivity index (χ0v) is 11.3. The molecule has 2 rings (SSSR count). The highest BCUT2D eigenvalue weighted by atomic mass is 19.1. The van der Waals surface area contributed by atoms with E-state index in [0.717, 1.165) is 25.2 Å². The van der Waals surface area contributed by atoms with Gasteiger partial charge in [-0.25, -0.2) is 4.39 Å². The summed E-state index contributed by atoms with van der Waals surface area (Å²) in [7, 11) is 0. The van der Waals surface area contributed by atoms with Crippen LogP contribution in [0.3, 0.4) is 0 Å². The lowest BCUT2D eigenvalue weighted by atomic mass is 9.84. The molecule has 0 radical (unpaired) electrons. The second kappa shape index (κ2) is 4.98. The first-order valence-corrected chi connectivity index (χ1v) is 6.65. The molecule has 1 saturated carbocycles. The van der Waals surface area contributed by atoms with Crippen LogP contribution < -0.4 is 11.1 Å². The molecule has 1 aliphatic carbocycles. The van der Waals surface area contributed by atoms with E-state index < -0.39 is 0 Å². The third-order valence-electron chi connectivity index (χ3n) is 4.06. The van der Waals surface area contributed by atoms with Crippen molar-refractivity contribution in [2.24, 2.45) is 11.1 Å². The van der Waals surface area contributed by atoms with Gasteiger partial charge in [0.2, 0.25) is 0 Å². The molecule has 0 heterocycles. The van der Waals surface area contributed by atoms with Gasteiger partial charge in [0, 0.05) is 18.5 Å². The van der Waals surface area contributed by atoms with Crippen LogP contribution in [0.4, 0.5) is 4.39 Å². The SMILES string of the molecule is CC(C)(CNCC1(CN)CC1)c1ccccc1F. The van der Waals surface area contributed by atoms with Gasteiger partial charge in [-0.1, -0.05) is 32.0 Å². The first kappa shape index (κ1) is 13.5. The Bertz CT molecular complexity index is 411. The predicted molar refractivity (Wildman–Crippen MR) is 73.0 cm³/mol. The van der Waals surface area contributed by atoms with Gasteiger partial charge < -0.3 is 11.1 Å². The molecule has 1 fully saturated rings. The minimum absolute atomic E-state index is 0.121. The van der Waals surface area contributed by atoms with Crippen molar-refractivity contribution in [3.05, 3.63) is 35.6 Å². The summed E-state index contributed by atoms with van der Waals surface area (Å²) < 4.78 is 13.8. The Morgan fingerprint density at radius 2 is 2.00 bits per heavy atom. The number of hydrogen-bond donors (Lipinski definition) is 2. The molecule has 0 amide bonds. The van der Waals surface area contributed by atoms with Gasteiger partial charge in [0.15, 0.2) is 0 Å². The molecule has 18 heavy (non-hydrogen) atoms. The van der Waals surface area contributed by atoms with Crippen LogP contribution in [0, 0.1) is 11.2 Å². The molecular weight excluding hydrogens is 227 g/mol. The average Bonchev–Trinajstić information content (AvgIpc) is 3.10. The highest BCUT2D eigenvalue weighted by Crippen LogP contribution is 2.43. The van der Waals surface area contributed by atoms with Crippen molar-refractivity contribution in [1.29, 1.82) is 0 Å². The van der Waals surface area contributed by atoms with Crippen molar-refractivity contribution in [2.75, 3.05) is 19.6 Å². The summed E-state index contributed by atoms with van der Waals surface area (Å²) in [5, 5.41) is 3.46. The van der Waals surface area contributed by atoms with E-state index in [-0.39, 0.29) is 11.2 Å². The second-order valence-corrected chi connectivity index (χ2v) is 6.17. The quantitative estimate of drug-likeness (QED) is 0.814. The predicted octanol–water partition coefficient (Wildman–Crippen LogP) is 2.43. The normalized spacial score (nSPS) is 17.8. The zero-order chi connectivity index (χ0) is 13.2. The largest absolute Gasteiger partial charge is 0.330 e. The molecule has 1 aliphatic rings. The summed E-state index contributed by atoms with van der Waals surface area (Å²) >= 11 is 0. The molecule has 3 N–H and O–H groups in total. The van der Waals surface area contributed by atoms with E-state index in [0.29, 0.717) is 5.41 Å². The van der Waals surface area contributed by atoms with Gasteiger partial charge in [-0.05, 0) is 36.4 Å².